The van der Waals surface area contributed by atoms with Crippen molar-refractivity contribution in [2.45, 2.75) is 25.7 Å². The first-order valence-corrected chi connectivity index (χ1v) is 5.84. The second-order valence-electron chi connectivity index (χ2n) is 4.58. The molecule has 1 aliphatic rings. The van der Waals surface area contributed by atoms with Crippen LogP contribution in [-0.4, -0.2) is 44.3 Å². The van der Waals surface area contributed by atoms with Gasteiger partial charge in [0.05, 0.1) is 0 Å². The molecule has 0 spiro atoms. The van der Waals surface area contributed by atoms with E-state index in [9.17, 15) is 39.6 Å². The summed E-state index contributed by atoms with van der Waals surface area (Å²) in [5.41, 5.74) is -5.98. The molecule has 0 saturated carbocycles. The minimum Gasteiger partial charge on any atom is -0.480 e. The predicted molar refractivity (Wildman–Crippen MR) is 63.0 cm³/mol. The Kier molecular flexibility index (Phi) is 4.17. The topological polar surface area (TPSA) is 149 Å². The number of aliphatic carboxylic acids is 4. The Balaban J connectivity index is 3.77. The van der Waals surface area contributed by atoms with Crippen molar-refractivity contribution in [3.05, 3.63) is 12.2 Å². The van der Waals surface area contributed by atoms with E-state index in [1.807, 2.05) is 0 Å². The lowest BCUT2D eigenvalue weighted by atomic mass is 9.59. The quantitative estimate of drug-likeness (QED) is 0.429. The summed E-state index contributed by atoms with van der Waals surface area (Å²) in [6.45, 7) is 0. The normalized spacial score (nSPS) is 20.4. The predicted octanol–water partition coefficient (Wildman–Crippen LogP) is 0.428. The van der Waals surface area contributed by atoms with Crippen molar-refractivity contribution >= 4 is 23.9 Å². The first-order valence-electron chi connectivity index (χ1n) is 5.84. The second kappa shape index (κ2) is 5.32. The van der Waals surface area contributed by atoms with Gasteiger partial charge in [0.15, 0.2) is 5.41 Å². The van der Waals surface area contributed by atoms with E-state index in [1.165, 1.54) is 6.08 Å². The standard InChI is InChI=1S/C12H14O8/c13-7(14)11(8(15)16)5-3-1-2-4-6-12(11,9(17)18)10(19)20/h3,5H,1-2,4,6H2,(H,13,14)(H,15,16)(H,17,18)(H,19,20). The number of carboxylic acids is 4. The maximum absolute atomic E-state index is 11.5. The largest absolute Gasteiger partial charge is 0.480 e. The summed E-state index contributed by atoms with van der Waals surface area (Å²) in [6, 6.07) is 0. The summed E-state index contributed by atoms with van der Waals surface area (Å²) >= 11 is 0. The van der Waals surface area contributed by atoms with E-state index in [2.05, 4.69) is 0 Å². The van der Waals surface area contributed by atoms with Gasteiger partial charge < -0.3 is 20.4 Å². The molecule has 8 heteroatoms. The van der Waals surface area contributed by atoms with Crippen molar-refractivity contribution < 1.29 is 39.6 Å². The summed E-state index contributed by atoms with van der Waals surface area (Å²) in [5, 5.41) is 37.0. The highest BCUT2D eigenvalue weighted by Gasteiger charge is 2.70. The molecular formula is C12H14O8. The summed E-state index contributed by atoms with van der Waals surface area (Å²) in [6.07, 6.45) is 2.23. The van der Waals surface area contributed by atoms with E-state index in [4.69, 9.17) is 0 Å². The zero-order valence-corrected chi connectivity index (χ0v) is 10.4. The molecule has 0 aliphatic heterocycles. The van der Waals surface area contributed by atoms with Gasteiger partial charge in [0.2, 0.25) is 5.41 Å². The molecule has 0 heterocycles. The van der Waals surface area contributed by atoms with Gasteiger partial charge in [-0.1, -0.05) is 18.6 Å². The van der Waals surface area contributed by atoms with E-state index < -0.39 is 41.1 Å². The zero-order chi connectivity index (χ0) is 15.6. The van der Waals surface area contributed by atoms with Crippen LogP contribution in [0, 0.1) is 10.8 Å². The van der Waals surface area contributed by atoms with Crippen molar-refractivity contribution in [2.75, 3.05) is 0 Å². The maximum atomic E-state index is 11.5. The molecule has 0 amide bonds. The Morgan fingerprint density at radius 3 is 1.70 bits per heavy atom. The summed E-state index contributed by atoms with van der Waals surface area (Å²) in [7, 11) is 0. The van der Waals surface area contributed by atoms with Gasteiger partial charge in [0.25, 0.3) is 0 Å². The molecule has 0 aromatic heterocycles. The summed E-state index contributed by atoms with van der Waals surface area (Å²) in [5.74, 6) is -7.95. The van der Waals surface area contributed by atoms with E-state index in [-0.39, 0.29) is 6.42 Å². The van der Waals surface area contributed by atoms with Crippen molar-refractivity contribution in [3.63, 3.8) is 0 Å². The van der Waals surface area contributed by atoms with E-state index in [1.54, 1.807) is 0 Å². The molecular weight excluding hydrogens is 272 g/mol. The first kappa shape index (κ1) is 15.7. The average Bonchev–Trinajstić information content (AvgIpc) is 2.27. The first-order chi connectivity index (χ1) is 9.23. The Hall–Kier alpha value is -2.38. The molecule has 8 nitrogen and oxygen atoms in total. The van der Waals surface area contributed by atoms with Crippen molar-refractivity contribution in [3.8, 4) is 0 Å². The molecule has 0 aromatic carbocycles. The van der Waals surface area contributed by atoms with Gasteiger partial charge in [-0.05, 0) is 19.3 Å². The highest BCUT2D eigenvalue weighted by atomic mass is 16.4. The molecule has 0 bridgehead atoms. The fourth-order valence-electron chi connectivity index (χ4n) is 2.49. The fraction of sp³-hybridized carbons (Fsp3) is 0.500. The monoisotopic (exact) mass is 286 g/mol. The number of hydrogen-bond donors (Lipinski definition) is 4. The third-order valence-electron chi connectivity index (χ3n) is 3.62. The van der Waals surface area contributed by atoms with Crippen LogP contribution < -0.4 is 0 Å². The molecule has 0 atom stereocenters. The van der Waals surface area contributed by atoms with Crippen molar-refractivity contribution in [2.24, 2.45) is 10.8 Å². The van der Waals surface area contributed by atoms with Gasteiger partial charge in [0.1, 0.15) is 0 Å². The third kappa shape index (κ3) is 1.93. The minimum atomic E-state index is -3.04. The van der Waals surface area contributed by atoms with Crippen molar-refractivity contribution in [1.29, 1.82) is 0 Å². The van der Waals surface area contributed by atoms with Gasteiger partial charge in [-0.25, -0.2) is 0 Å². The van der Waals surface area contributed by atoms with Crippen LogP contribution >= 0.6 is 0 Å². The Labute approximate surface area is 113 Å². The average molecular weight is 286 g/mol. The lowest BCUT2D eigenvalue weighted by Crippen LogP contribution is -2.60. The highest BCUT2D eigenvalue weighted by molar-refractivity contribution is 6.14. The molecule has 110 valence electrons. The summed E-state index contributed by atoms with van der Waals surface area (Å²) in [4.78, 5) is 45.8. The Bertz CT molecular complexity index is 462. The molecule has 0 fully saturated rings. The van der Waals surface area contributed by atoms with Gasteiger partial charge in [-0.3, -0.25) is 19.2 Å². The van der Waals surface area contributed by atoms with E-state index in [0.717, 1.165) is 0 Å². The molecule has 0 saturated heterocycles. The van der Waals surface area contributed by atoms with Crippen LogP contribution in [-0.2, 0) is 19.2 Å². The van der Waals surface area contributed by atoms with Crippen LogP contribution in [0.1, 0.15) is 25.7 Å². The van der Waals surface area contributed by atoms with Gasteiger partial charge in [-0.2, -0.15) is 0 Å². The number of rotatable bonds is 4. The SMILES string of the molecule is O=C(O)C1(C(=O)O)C=CCCCCC1(C(=O)O)C(=O)O. The smallest absolute Gasteiger partial charge is 0.326 e. The molecule has 1 rings (SSSR count). The highest BCUT2D eigenvalue weighted by Crippen LogP contribution is 2.47. The van der Waals surface area contributed by atoms with Crippen LogP contribution in [0.25, 0.3) is 0 Å². The fourth-order valence-corrected chi connectivity index (χ4v) is 2.49. The van der Waals surface area contributed by atoms with Crippen LogP contribution in [0.15, 0.2) is 12.2 Å². The number of carbonyl (C=O) groups is 4. The molecule has 1 aliphatic carbocycles. The maximum Gasteiger partial charge on any atom is 0.326 e. The number of hydrogen-bond acceptors (Lipinski definition) is 4. The summed E-state index contributed by atoms with van der Waals surface area (Å²) < 4.78 is 0. The Morgan fingerprint density at radius 2 is 1.30 bits per heavy atom. The van der Waals surface area contributed by atoms with Crippen LogP contribution in [0.2, 0.25) is 0 Å². The van der Waals surface area contributed by atoms with Crippen molar-refractivity contribution in [1.82, 2.24) is 0 Å². The lowest BCUT2D eigenvalue weighted by Gasteiger charge is -2.37. The van der Waals surface area contributed by atoms with Crippen LogP contribution in [0.5, 0.6) is 0 Å². The molecule has 4 N–H and O–H groups in total. The van der Waals surface area contributed by atoms with Gasteiger partial charge >= 0.3 is 23.9 Å². The molecule has 0 radical (unpaired) electrons. The molecule has 20 heavy (non-hydrogen) atoms. The molecule has 0 aromatic rings. The van der Waals surface area contributed by atoms with E-state index >= 15 is 0 Å². The Morgan fingerprint density at radius 1 is 0.800 bits per heavy atom. The second-order valence-corrected chi connectivity index (χ2v) is 4.58. The zero-order valence-electron chi connectivity index (χ0n) is 10.4. The minimum absolute atomic E-state index is 0.102. The van der Waals surface area contributed by atoms with E-state index in [0.29, 0.717) is 18.9 Å². The number of carboxylic acid groups (broad SMARTS) is 4. The molecule has 0 unspecified atom stereocenters. The number of allylic oxidation sites excluding steroid dienone is 1. The van der Waals surface area contributed by atoms with Gasteiger partial charge in [0, 0.05) is 0 Å². The van der Waals surface area contributed by atoms with Crippen LogP contribution in [0.3, 0.4) is 0 Å². The lowest BCUT2D eigenvalue weighted by molar-refractivity contribution is -0.191. The third-order valence-corrected chi connectivity index (χ3v) is 3.62. The van der Waals surface area contributed by atoms with Crippen LogP contribution in [0.4, 0.5) is 0 Å². The van der Waals surface area contributed by atoms with Gasteiger partial charge in [-0.15, -0.1) is 0 Å².